The zero-order chi connectivity index (χ0) is 91.0. The minimum absolute atomic E-state index is 0.117. The first kappa shape index (κ1) is 81.0. The molecule has 648 valence electrons. The second kappa shape index (κ2) is 34.0. The summed E-state index contributed by atoms with van der Waals surface area (Å²) in [6.07, 6.45) is 0. The zero-order valence-electron chi connectivity index (χ0n) is 75.5. The van der Waals surface area contributed by atoms with Crippen molar-refractivity contribution < 1.29 is 8.83 Å². The van der Waals surface area contributed by atoms with Crippen LogP contribution in [0.5, 0.6) is 0 Å². The summed E-state index contributed by atoms with van der Waals surface area (Å²) in [7, 11) is 0. The van der Waals surface area contributed by atoms with Crippen LogP contribution >= 0.6 is 0 Å². The molecule has 25 aromatic rings. The van der Waals surface area contributed by atoms with Gasteiger partial charge in [0.15, 0.2) is 0 Å². The van der Waals surface area contributed by atoms with E-state index >= 15 is 0 Å². The van der Waals surface area contributed by atoms with Crippen molar-refractivity contribution in [2.75, 3.05) is 19.6 Å². The number of rotatable bonds is 18. The average molecular weight is 1760 g/mol. The fourth-order valence-electron chi connectivity index (χ4n) is 21.0. The first-order chi connectivity index (χ1) is 67.7. The summed E-state index contributed by atoms with van der Waals surface area (Å²) in [5.74, 6) is 0. The van der Waals surface area contributed by atoms with Crippen molar-refractivity contribution in [3.8, 4) is 67.0 Å². The van der Waals surface area contributed by atoms with E-state index in [1.54, 1.807) is 0 Å². The monoisotopic (exact) mass is 1750 g/mol. The molecule has 0 fully saturated rings. The van der Waals surface area contributed by atoms with Gasteiger partial charge < -0.3 is 37.6 Å². The predicted molar refractivity (Wildman–Crippen MR) is 574 cm³/mol. The van der Waals surface area contributed by atoms with Crippen molar-refractivity contribution in [3.05, 3.63) is 521 Å². The Bertz CT molecular complexity index is 8620. The molecule has 4 heterocycles. The molecule has 1 aliphatic carbocycles. The molecule has 137 heavy (non-hydrogen) atoms. The van der Waals surface area contributed by atoms with Gasteiger partial charge in [-0.15, -0.1) is 0 Å². The molecular formula is C129H90N6O2. The normalized spacial score (nSPS) is 12.1. The van der Waals surface area contributed by atoms with Crippen LogP contribution in [0.4, 0.5) is 68.2 Å². The quantitative estimate of drug-likeness (QED) is 0.0853. The molecule has 0 aliphatic heterocycles. The van der Waals surface area contributed by atoms with Gasteiger partial charge >= 0.3 is 0 Å². The third-order valence-corrected chi connectivity index (χ3v) is 27.6. The lowest BCUT2D eigenvalue weighted by atomic mass is 9.82. The van der Waals surface area contributed by atoms with Crippen LogP contribution in [0, 0.1) is 0 Å². The molecule has 0 unspecified atom stereocenters. The summed E-state index contributed by atoms with van der Waals surface area (Å²) in [5.41, 5.74) is 37.9. The van der Waals surface area contributed by atoms with Crippen molar-refractivity contribution >= 4 is 156 Å². The minimum atomic E-state index is -0.117. The minimum Gasteiger partial charge on any atom is -0.455 e. The molecule has 0 saturated heterocycles. The van der Waals surface area contributed by atoms with E-state index in [-0.39, 0.29) is 5.41 Å². The van der Waals surface area contributed by atoms with E-state index in [4.69, 9.17) is 8.83 Å². The van der Waals surface area contributed by atoms with Gasteiger partial charge in [0.1, 0.15) is 22.3 Å². The third kappa shape index (κ3) is 14.4. The van der Waals surface area contributed by atoms with Crippen LogP contribution in [-0.4, -0.2) is 9.13 Å². The Morgan fingerprint density at radius 1 is 0.175 bits per heavy atom. The van der Waals surface area contributed by atoms with E-state index in [2.05, 4.69) is 528 Å². The van der Waals surface area contributed by atoms with Crippen molar-refractivity contribution in [1.82, 2.24) is 9.13 Å². The van der Waals surface area contributed by atoms with Crippen molar-refractivity contribution in [1.29, 1.82) is 0 Å². The maximum absolute atomic E-state index is 6.44. The van der Waals surface area contributed by atoms with Crippen LogP contribution in [0.3, 0.4) is 0 Å². The van der Waals surface area contributed by atoms with E-state index < -0.39 is 0 Å². The zero-order valence-corrected chi connectivity index (χ0v) is 75.5. The van der Waals surface area contributed by atoms with Crippen molar-refractivity contribution in [2.45, 2.75) is 19.3 Å². The van der Waals surface area contributed by atoms with Crippen molar-refractivity contribution in [3.63, 3.8) is 0 Å². The summed E-state index contributed by atoms with van der Waals surface area (Å²) in [6.45, 7) is 4.70. The summed E-state index contributed by atoms with van der Waals surface area (Å²) >= 11 is 0. The average Bonchev–Trinajstić information content (AvgIpc) is 1.57. The molecule has 0 bridgehead atoms. The Morgan fingerprint density at radius 2 is 0.445 bits per heavy atom. The number of benzene rings is 21. The highest BCUT2D eigenvalue weighted by Gasteiger charge is 2.36. The largest absolute Gasteiger partial charge is 0.455 e. The number of furan rings is 2. The Kier molecular flexibility index (Phi) is 20.1. The van der Waals surface area contributed by atoms with Crippen molar-refractivity contribution in [2.24, 2.45) is 0 Å². The van der Waals surface area contributed by atoms with Gasteiger partial charge in [-0.3, -0.25) is 0 Å². The van der Waals surface area contributed by atoms with Crippen LogP contribution in [0.25, 0.3) is 154 Å². The maximum atomic E-state index is 6.44. The van der Waals surface area contributed by atoms with E-state index in [0.29, 0.717) is 0 Å². The molecule has 1 aliphatic rings. The van der Waals surface area contributed by atoms with Crippen LogP contribution in [-0.2, 0) is 5.41 Å². The number of aromatic nitrogens is 2. The molecule has 4 aromatic heterocycles. The molecule has 0 saturated carbocycles. The summed E-state index contributed by atoms with van der Waals surface area (Å²) in [6, 6.07) is 183. The number of hydrogen-bond acceptors (Lipinski definition) is 6. The molecule has 0 amide bonds. The van der Waals surface area contributed by atoms with Gasteiger partial charge in [0, 0.05) is 139 Å². The molecule has 0 N–H and O–H groups in total. The van der Waals surface area contributed by atoms with E-state index in [0.717, 1.165) is 157 Å². The number of para-hydroxylation sites is 11. The van der Waals surface area contributed by atoms with Gasteiger partial charge in [0.25, 0.3) is 0 Å². The fraction of sp³-hybridized carbons (Fsp3) is 0.0233. The van der Waals surface area contributed by atoms with Gasteiger partial charge in [-0.1, -0.05) is 305 Å². The Hall–Kier alpha value is -18.0. The molecule has 8 heteroatoms. The second-order valence-electron chi connectivity index (χ2n) is 35.9. The van der Waals surface area contributed by atoms with Crippen LogP contribution in [0.1, 0.15) is 25.0 Å². The SMILES string of the molecule is CC1(C)c2ccccc2-c2ccc(N(c3ccccc3)c3ccc(N(c4ccc(-c5ccc6c(c5)c5ccccc5n6-c5ccccc5)cc4)c4ccc(N(c5ccccc5)c5ccccc5)cc4)cc3)cc21.c1ccc(-n2c3ccccc3c3cc(-c4ccc(N(c5ccc(-c6cccc7c6oc6ccccc67)cc5)c5ccc(-c6cccc7c6oc6ccccc67)cc5)cc4)ccc32)cc1. The number of fused-ring (bicyclic) bond motifs is 15. The van der Waals surface area contributed by atoms with Crippen LogP contribution < -0.4 is 19.6 Å². The molecule has 26 rings (SSSR count). The first-order valence-corrected chi connectivity index (χ1v) is 46.9. The maximum Gasteiger partial charge on any atom is 0.143 e. The molecule has 0 atom stereocenters. The predicted octanol–water partition coefficient (Wildman–Crippen LogP) is 36.2. The Morgan fingerprint density at radius 3 is 0.839 bits per heavy atom. The highest BCUT2D eigenvalue weighted by molar-refractivity contribution is 6.14. The fourth-order valence-corrected chi connectivity index (χ4v) is 21.0. The molecule has 8 nitrogen and oxygen atoms in total. The summed E-state index contributed by atoms with van der Waals surface area (Å²) < 4.78 is 17.6. The molecule has 0 radical (unpaired) electrons. The molecule has 0 spiro atoms. The number of nitrogens with zero attached hydrogens (tertiary/aromatic N) is 6. The molecule has 21 aromatic carbocycles. The van der Waals surface area contributed by atoms with E-state index in [1.165, 1.54) is 77.0 Å². The van der Waals surface area contributed by atoms with Gasteiger partial charge in [-0.05, 0) is 274 Å². The highest BCUT2D eigenvalue weighted by Crippen LogP contribution is 2.53. The Labute approximate surface area is 794 Å². The van der Waals surface area contributed by atoms with E-state index in [1.807, 2.05) is 24.3 Å². The number of hydrogen-bond donors (Lipinski definition) is 0. The van der Waals surface area contributed by atoms with E-state index in [9.17, 15) is 0 Å². The second-order valence-corrected chi connectivity index (χ2v) is 35.9. The standard InChI is InChI=1S/C69H52N4.C60H38N2O2/c1-69(2)65-29-17-15-27-61(65)62-45-44-60(48-66(62)69)72(53-23-11-5-12-24-53)59-42-40-58(41-43-59)71(57-38-36-56(37-39-57)70(51-19-7-3-8-20-51)52-21-9-4-10-22-52)55-34-31-49(32-35-55)50-33-46-68-64(47-50)63-28-16-18-30-67(63)73(68)54-25-13-6-14-26-54;1-2-12-43(13-3-1)62-55-21-7-4-14-49(55)54-38-42(30-37-56(54)62)39-24-31-44(32-25-39)61(45-33-26-40(27-34-45)47-17-10-19-52-50-15-5-8-22-57(50)63-59(47)52)46-35-28-41(29-36-46)48-18-11-20-53-51-16-6-9-23-58(51)64-60(48)53/h3-48H,1-2H3;1-38H. The van der Waals surface area contributed by atoms with Gasteiger partial charge in [-0.2, -0.15) is 0 Å². The van der Waals surface area contributed by atoms with Gasteiger partial charge in [-0.25, -0.2) is 0 Å². The smallest absolute Gasteiger partial charge is 0.143 e. The number of anilines is 12. The lowest BCUT2D eigenvalue weighted by molar-refractivity contribution is 0.660. The lowest BCUT2D eigenvalue weighted by Crippen LogP contribution is -2.16. The molecular weight excluding hydrogens is 1670 g/mol. The van der Waals surface area contributed by atoms with Gasteiger partial charge in [0.05, 0.1) is 22.1 Å². The highest BCUT2D eigenvalue weighted by atomic mass is 16.3. The Balaban J connectivity index is 0.000000147. The van der Waals surface area contributed by atoms with Crippen LogP contribution in [0.2, 0.25) is 0 Å². The van der Waals surface area contributed by atoms with Crippen LogP contribution in [0.15, 0.2) is 518 Å². The van der Waals surface area contributed by atoms with Gasteiger partial charge in [0.2, 0.25) is 0 Å². The lowest BCUT2D eigenvalue weighted by Gasteiger charge is -2.30. The summed E-state index contributed by atoms with van der Waals surface area (Å²) in [5, 5.41) is 9.46. The summed E-state index contributed by atoms with van der Waals surface area (Å²) in [4.78, 5) is 9.39. The first-order valence-electron chi connectivity index (χ1n) is 46.9. The topological polar surface area (TPSA) is 49.1 Å². The third-order valence-electron chi connectivity index (χ3n) is 27.6.